The van der Waals surface area contributed by atoms with Gasteiger partial charge in [-0.3, -0.25) is 0 Å². The lowest BCUT2D eigenvalue weighted by molar-refractivity contribution is 0.834. The first-order valence-corrected chi connectivity index (χ1v) is 4.83. The van der Waals surface area contributed by atoms with Crippen LogP contribution >= 0.6 is 0 Å². The molecule has 0 aliphatic carbocycles. The van der Waals surface area contributed by atoms with Gasteiger partial charge < -0.3 is 5.73 Å². The maximum absolute atomic E-state index is 5.38. The van der Waals surface area contributed by atoms with Crippen LogP contribution in [0.2, 0.25) is 0 Å². The number of rotatable bonds is 4. The standard InChI is InChI=1S/C9H17N.C2H6/c1-3-6-9(4-2)7-5-8-10;1-2/h3-4,6H,5,7-8,10H2,1-2H3;1-2H3/b6-3-,9-4+;. The Kier molecular flexibility index (Phi) is 15.2. The van der Waals surface area contributed by atoms with Gasteiger partial charge in [0, 0.05) is 0 Å². The summed E-state index contributed by atoms with van der Waals surface area (Å²) >= 11 is 0. The Morgan fingerprint density at radius 2 is 1.83 bits per heavy atom. The average Bonchev–Trinajstić information content (AvgIpc) is 2.15. The monoisotopic (exact) mass is 169 g/mol. The number of allylic oxidation sites excluding steroid dienone is 4. The van der Waals surface area contributed by atoms with E-state index < -0.39 is 0 Å². The van der Waals surface area contributed by atoms with Gasteiger partial charge in [0.15, 0.2) is 0 Å². The average molecular weight is 169 g/mol. The molecule has 0 saturated carbocycles. The van der Waals surface area contributed by atoms with Gasteiger partial charge in [0.05, 0.1) is 0 Å². The second-order valence-electron chi connectivity index (χ2n) is 2.26. The molecule has 2 N–H and O–H groups in total. The zero-order valence-corrected chi connectivity index (χ0v) is 8.93. The van der Waals surface area contributed by atoms with Crippen molar-refractivity contribution in [1.29, 1.82) is 0 Å². The van der Waals surface area contributed by atoms with Gasteiger partial charge in [-0.05, 0) is 33.2 Å². The zero-order valence-electron chi connectivity index (χ0n) is 8.93. The molecule has 0 aromatic heterocycles. The van der Waals surface area contributed by atoms with E-state index in [1.807, 2.05) is 20.8 Å². The largest absolute Gasteiger partial charge is 0.330 e. The lowest BCUT2D eigenvalue weighted by atomic mass is 10.1. The van der Waals surface area contributed by atoms with Crippen LogP contribution in [0.25, 0.3) is 0 Å². The van der Waals surface area contributed by atoms with Crippen LogP contribution in [-0.2, 0) is 0 Å². The molecule has 12 heavy (non-hydrogen) atoms. The lowest BCUT2D eigenvalue weighted by Gasteiger charge is -1.97. The summed E-state index contributed by atoms with van der Waals surface area (Å²) in [5.41, 5.74) is 6.76. The van der Waals surface area contributed by atoms with Crippen molar-refractivity contribution in [2.24, 2.45) is 5.73 Å². The van der Waals surface area contributed by atoms with E-state index in [2.05, 4.69) is 25.2 Å². The van der Waals surface area contributed by atoms with Gasteiger partial charge in [0.25, 0.3) is 0 Å². The van der Waals surface area contributed by atoms with Gasteiger partial charge in [0.2, 0.25) is 0 Å². The molecule has 1 heteroatoms. The first kappa shape index (κ1) is 14.0. The summed E-state index contributed by atoms with van der Waals surface area (Å²) in [7, 11) is 0. The lowest BCUT2D eigenvalue weighted by Crippen LogP contribution is -1.98. The van der Waals surface area contributed by atoms with Crippen molar-refractivity contribution in [1.82, 2.24) is 0 Å². The summed E-state index contributed by atoms with van der Waals surface area (Å²) in [4.78, 5) is 0. The topological polar surface area (TPSA) is 26.0 Å². The highest BCUT2D eigenvalue weighted by Crippen LogP contribution is 2.04. The highest BCUT2D eigenvalue weighted by Gasteiger charge is 1.87. The van der Waals surface area contributed by atoms with E-state index in [1.165, 1.54) is 5.57 Å². The molecule has 0 amide bonds. The smallest absolute Gasteiger partial charge is 0.00741 e. The first-order valence-electron chi connectivity index (χ1n) is 4.83. The third kappa shape index (κ3) is 9.44. The maximum Gasteiger partial charge on any atom is -0.00741 e. The Balaban J connectivity index is 0. The quantitative estimate of drug-likeness (QED) is 0.642. The van der Waals surface area contributed by atoms with Crippen molar-refractivity contribution in [2.75, 3.05) is 6.54 Å². The molecular formula is C11H23N. The second-order valence-corrected chi connectivity index (χ2v) is 2.26. The molecule has 72 valence electrons. The van der Waals surface area contributed by atoms with Crippen molar-refractivity contribution in [3.63, 3.8) is 0 Å². The van der Waals surface area contributed by atoms with Gasteiger partial charge >= 0.3 is 0 Å². The molecular weight excluding hydrogens is 146 g/mol. The Morgan fingerprint density at radius 1 is 1.25 bits per heavy atom. The van der Waals surface area contributed by atoms with Crippen molar-refractivity contribution >= 4 is 0 Å². The molecule has 0 heterocycles. The fraction of sp³-hybridized carbons (Fsp3) is 0.636. The van der Waals surface area contributed by atoms with E-state index in [9.17, 15) is 0 Å². The molecule has 0 radical (unpaired) electrons. The van der Waals surface area contributed by atoms with Gasteiger partial charge in [-0.15, -0.1) is 0 Å². The summed E-state index contributed by atoms with van der Waals surface area (Å²) in [5.74, 6) is 0. The molecule has 0 aliphatic heterocycles. The number of hydrogen-bond donors (Lipinski definition) is 1. The predicted octanol–water partition coefficient (Wildman–Crippen LogP) is 3.27. The molecule has 0 aromatic rings. The van der Waals surface area contributed by atoms with Crippen LogP contribution in [0.5, 0.6) is 0 Å². The van der Waals surface area contributed by atoms with Crippen LogP contribution in [0.3, 0.4) is 0 Å². The summed E-state index contributed by atoms with van der Waals surface area (Å²) in [6, 6.07) is 0. The summed E-state index contributed by atoms with van der Waals surface area (Å²) in [5, 5.41) is 0. The molecule has 0 saturated heterocycles. The fourth-order valence-electron chi connectivity index (χ4n) is 0.844. The van der Waals surface area contributed by atoms with Gasteiger partial charge in [-0.1, -0.05) is 37.6 Å². The third-order valence-electron chi connectivity index (χ3n) is 1.42. The molecule has 0 bridgehead atoms. The molecule has 1 nitrogen and oxygen atoms in total. The number of hydrogen-bond acceptors (Lipinski definition) is 1. The van der Waals surface area contributed by atoms with E-state index in [4.69, 9.17) is 5.73 Å². The molecule has 0 atom stereocenters. The summed E-state index contributed by atoms with van der Waals surface area (Å²) in [6.45, 7) is 8.88. The third-order valence-corrected chi connectivity index (χ3v) is 1.42. The van der Waals surface area contributed by atoms with Crippen LogP contribution < -0.4 is 5.73 Å². The van der Waals surface area contributed by atoms with Crippen LogP contribution in [0.15, 0.2) is 23.8 Å². The van der Waals surface area contributed by atoms with E-state index in [0.717, 1.165) is 19.4 Å². The highest BCUT2D eigenvalue weighted by molar-refractivity contribution is 5.16. The van der Waals surface area contributed by atoms with Gasteiger partial charge in [0.1, 0.15) is 0 Å². The van der Waals surface area contributed by atoms with E-state index in [0.29, 0.717) is 0 Å². The van der Waals surface area contributed by atoms with E-state index >= 15 is 0 Å². The Bertz CT molecular complexity index is 123. The first-order chi connectivity index (χ1) is 5.85. The highest BCUT2D eigenvalue weighted by atomic mass is 14.5. The Hall–Kier alpha value is -0.560. The SMILES string of the molecule is C/C=C\C(=C/C)CCCN.CC. The second kappa shape index (κ2) is 13.1. The van der Waals surface area contributed by atoms with Crippen LogP contribution in [-0.4, -0.2) is 6.54 Å². The summed E-state index contributed by atoms with van der Waals surface area (Å²) in [6.07, 6.45) is 8.53. The molecule has 0 aromatic carbocycles. The molecule has 0 rings (SSSR count). The minimum absolute atomic E-state index is 0.787. The van der Waals surface area contributed by atoms with E-state index in [-0.39, 0.29) is 0 Å². The minimum Gasteiger partial charge on any atom is -0.330 e. The fourth-order valence-corrected chi connectivity index (χ4v) is 0.844. The normalized spacial score (nSPS) is 11.2. The van der Waals surface area contributed by atoms with Crippen molar-refractivity contribution in [3.8, 4) is 0 Å². The Morgan fingerprint density at radius 3 is 2.17 bits per heavy atom. The molecule has 0 spiro atoms. The van der Waals surface area contributed by atoms with E-state index in [1.54, 1.807) is 0 Å². The van der Waals surface area contributed by atoms with Gasteiger partial charge in [-0.2, -0.15) is 0 Å². The van der Waals surface area contributed by atoms with Crippen LogP contribution in [0, 0.1) is 0 Å². The van der Waals surface area contributed by atoms with Gasteiger partial charge in [-0.25, -0.2) is 0 Å². The maximum atomic E-state index is 5.38. The zero-order chi connectivity index (χ0) is 9.82. The van der Waals surface area contributed by atoms with Crippen molar-refractivity contribution < 1.29 is 0 Å². The Labute approximate surface area is 77.4 Å². The molecule has 0 fully saturated rings. The molecule has 0 unspecified atom stereocenters. The van der Waals surface area contributed by atoms with Crippen LogP contribution in [0.1, 0.15) is 40.5 Å². The minimum atomic E-state index is 0.787. The molecule has 0 aliphatic rings. The van der Waals surface area contributed by atoms with Crippen molar-refractivity contribution in [2.45, 2.75) is 40.5 Å². The van der Waals surface area contributed by atoms with Crippen LogP contribution in [0.4, 0.5) is 0 Å². The number of nitrogens with two attached hydrogens (primary N) is 1. The van der Waals surface area contributed by atoms with Crippen molar-refractivity contribution in [3.05, 3.63) is 23.8 Å². The summed E-state index contributed by atoms with van der Waals surface area (Å²) < 4.78 is 0. The predicted molar refractivity (Wildman–Crippen MR) is 58.2 cm³/mol.